The van der Waals surface area contributed by atoms with Gasteiger partial charge in [0.1, 0.15) is 6.04 Å². The zero-order valence-corrected chi connectivity index (χ0v) is 14.9. The van der Waals surface area contributed by atoms with E-state index in [4.69, 9.17) is 0 Å². The molecular formula is C17H24N2O4S. The van der Waals surface area contributed by atoms with Crippen molar-refractivity contribution >= 4 is 21.7 Å². The Morgan fingerprint density at radius 3 is 2.62 bits per heavy atom. The van der Waals surface area contributed by atoms with E-state index in [0.717, 1.165) is 31.4 Å². The molecule has 1 saturated carbocycles. The van der Waals surface area contributed by atoms with Gasteiger partial charge in [-0.25, -0.2) is 8.42 Å². The normalized spacial score (nSPS) is 27.7. The summed E-state index contributed by atoms with van der Waals surface area (Å²) in [7, 11) is -0.141. The molecule has 7 heteroatoms. The van der Waals surface area contributed by atoms with Gasteiger partial charge in [-0.3, -0.25) is 4.79 Å². The fourth-order valence-electron chi connectivity index (χ4n) is 4.02. The molecule has 3 atom stereocenters. The summed E-state index contributed by atoms with van der Waals surface area (Å²) in [6.45, 7) is 0. The Hall–Kier alpha value is -1.60. The molecule has 132 valence electrons. The van der Waals surface area contributed by atoms with Gasteiger partial charge in [-0.15, -0.1) is 0 Å². The summed E-state index contributed by atoms with van der Waals surface area (Å²) in [5, 5.41) is 9.57. The Labute approximate surface area is 143 Å². The number of rotatable bonds is 4. The second-order valence-electron chi connectivity index (χ2n) is 6.93. The molecule has 0 aromatic heterocycles. The summed E-state index contributed by atoms with van der Waals surface area (Å²) < 4.78 is 27.7. The SMILES string of the molecule is CN(C)c1cccc(S(=O)(=O)N2C(C(=O)O)CC3CCCCC32)c1. The summed E-state index contributed by atoms with van der Waals surface area (Å²) in [5.74, 6) is -0.886. The van der Waals surface area contributed by atoms with Gasteiger partial charge in [0.25, 0.3) is 0 Å². The maximum Gasteiger partial charge on any atom is 0.322 e. The van der Waals surface area contributed by atoms with Gasteiger partial charge in [0.15, 0.2) is 0 Å². The Bertz CT molecular complexity index is 732. The highest BCUT2D eigenvalue weighted by Gasteiger charge is 2.51. The molecule has 1 aromatic rings. The molecule has 2 fully saturated rings. The second kappa shape index (κ2) is 6.37. The van der Waals surface area contributed by atoms with Crippen molar-refractivity contribution in [2.45, 2.75) is 49.1 Å². The number of carboxylic acids is 1. The lowest BCUT2D eigenvalue weighted by atomic mass is 9.85. The predicted molar refractivity (Wildman–Crippen MR) is 91.6 cm³/mol. The van der Waals surface area contributed by atoms with Gasteiger partial charge in [0.05, 0.1) is 4.90 Å². The fourth-order valence-corrected chi connectivity index (χ4v) is 5.93. The lowest BCUT2D eigenvalue weighted by molar-refractivity contribution is -0.141. The van der Waals surface area contributed by atoms with Gasteiger partial charge in [-0.05, 0) is 43.4 Å². The molecule has 1 aliphatic carbocycles. The monoisotopic (exact) mass is 352 g/mol. The maximum atomic E-state index is 13.2. The second-order valence-corrected chi connectivity index (χ2v) is 8.77. The van der Waals surface area contributed by atoms with Crippen LogP contribution in [0.15, 0.2) is 29.2 Å². The van der Waals surface area contributed by atoms with Gasteiger partial charge in [-0.1, -0.05) is 18.9 Å². The van der Waals surface area contributed by atoms with Crippen molar-refractivity contribution in [1.29, 1.82) is 0 Å². The lowest BCUT2D eigenvalue weighted by Gasteiger charge is -2.32. The van der Waals surface area contributed by atoms with E-state index in [2.05, 4.69) is 0 Å². The van der Waals surface area contributed by atoms with Crippen LogP contribution in [-0.2, 0) is 14.8 Å². The first-order valence-corrected chi connectivity index (χ1v) is 9.80. The summed E-state index contributed by atoms with van der Waals surface area (Å²) in [5.41, 5.74) is 0.780. The summed E-state index contributed by atoms with van der Waals surface area (Å²) in [6.07, 6.45) is 4.10. The summed E-state index contributed by atoms with van der Waals surface area (Å²) in [4.78, 5) is 13.7. The first kappa shape index (κ1) is 17.2. The van der Waals surface area contributed by atoms with E-state index in [0.29, 0.717) is 6.42 Å². The van der Waals surface area contributed by atoms with Gasteiger partial charge in [-0.2, -0.15) is 4.31 Å². The van der Waals surface area contributed by atoms with Crippen LogP contribution >= 0.6 is 0 Å². The van der Waals surface area contributed by atoms with Gasteiger partial charge in [0.2, 0.25) is 10.0 Å². The van der Waals surface area contributed by atoms with E-state index in [-0.39, 0.29) is 16.9 Å². The third-order valence-electron chi connectivity index (χ3n) is 5.22. The number of anilines is 1. The topological polar surface area (TPSA) is 77.9 Å². The molecular weight excluding hydrogens is 328 g/mol. The predicted octanol–water partition coefficient (Wildman–Crippen LogP) is 2.16. The number of hydrogen-bond donors (Lipinski definition) is 1. The summed E-state index contributed by atoms with van der Waals surface area (Å²) >= 11 is 0. The van der Waals surface area contributed by atoms with Gasteiger partial charge < -0.3 is 10.0 Å². The highest BCUT2D eigenvalue weighted by atomic mass is 32.2. The molecule has 1 aliphatic heterocycles. The third kappa shape index (κ3) is 2.91. The average molecular weight is 352 g/mol. The largest absolute Gasteiger partial charge is 0.480 e. The van der Waals surface area contributed by atoms with Crippen LogP contribution in [0.1, 0.15) is 32.1 Å². The quantitative estimate of drug-likeness (QED) is 0.898. The number of carboxylic acid groups (broad SMARTS) is 1. The first-order valence-electron chi connectivity index (χ1n) is 8.36. The number of carbonyl (C=O) groups is 1. The van der Waals surface area contributed by atoms with Gasteiger partial charge in [0, 0.05) is 25.8 Å². The fraction of sp³-hybridized carbons (Fsp3) is 0.588. The molecule has 0 bridgehead atoms. The molecule has 2 aliphatic rings. The highest BCUT2D eigenvalue weighted by Crippen LogP contribution is 2.43. The van der Waals surface area contributed by atoms with Crippen LogP contribution in [0.5, 0.6) is 0 Å². The Morgan fingerprint density at radius 1 is 1.25 bits per heavy atom. The molecule has 24 heavy (non-hydrogen) atoms. The van der Waals surface area contributed by atoms with Crippen molar-refractivity contribution in [3.05, 3.63) is 24.3 Å². The average Bonchev–Trinajstić information content (AvgIpc) is 2.95. The Balaban J connectivity index is 2.03. The van der Waals surface area contributed by atoms with Crippen molar-refractivity contribution in [2.24, 2.45) is 5.92 Å². The van der Waals surface area contributed by atoms with Crippen molar-refractivity contribution < 1.29 is 18.3 Å². The molecule has 3 rings (SSSR count). The minimum absolute atomic E-state index is 0.159. The lowest BCUT2D eigenvalue weighted by Crippen LogP contribution is -2.46. The Morgan fingerprint density at radius 2 is 1.96 bits per heavy atom. The van der Waals surface area contributed by atoms with E-state index in [9.17, 15) is 18.3 Å². The smallest absolute Gasteiger partial charge is 0.322 e. The van der Waals surface area contributed by atoms with Crippen molar-refractivity contribution in [3.8, 4) is 0 Å². The number of fused-ring (bicyclic) bond motifs is 1. The van der Waals surface area contributed by atoms with E-state index < -0.39 is 22.0 Å². The van der Waals surface area contributed by atoms with Crippen LogP contribution in [-0.4, -0.2) is 50.0 Å². The minimum atomic E-state index is -3.83. The maximum absolute atomic E-state index is 13.2. The van der Waals surface area contributed by atoms with Gasteiger partial charge >= 0.3 is 5.97 Å². The minimum Gasteiger partial charge on any atom is -0.480 e. The van der Waals surface area contributed by atoms with Crippen molar-refractivity contribution in [3.63, 3.8) is 0 Å². The molecule has 1 N–H and O–H groups in total. The zero-order chi connectivity index (χ0) is 17.5. The van der Waals surface area contributed by atoms with Crippen molar-refractivity contribution in [1.82, 2.24) is 4.31 Å². The third-order valence-corrected chi connectivity index (χ3v) is 7.15. The molecule has 1 heterocycles. The van der Waals surface area contributed by atoms with Crippen molar-refractivity contribution in [2.75, 3.05) is 19.0 Å². The summed E-state index contributed by atoms with van der Waals surface area (Å²) in [6, 6.07) is 5.56. The standard InChI is InChI=1S/C17H24N2O4S/c1-18(2)13-7-5-8-14(11-13)24(22,23)19-15-9-4-3-6-12(15)10-16(19)17(20)21/h5,7-8,11-12,15-16H,3-4,6,9-10H2,1-2H3,(H,20,21). The molecule has 1 saturated heterocycles. The molecule has 1 aromatic carbocycles. The van der Waals surface area contributed by atoms with E-state index in [1.165, 1.54) is 4.31 Å². The van der Waals surface area contributed by atoms with Crippen LogP contribution in [0.3, 0.4) is 0 Å². The highest BCUT2D eigenvalue weighted by molar-refractivity contribution is 7.89. The molecule has 0 radical (unpaired) electrons. The number of nitrogens with zero attached hydrogens (tertiary/aromatic N) is 2. The van der Waals surface area contributed by atoms with Crippen LogP contribution in [0.4, 0.5) is 5.69 Å². The number of hydrogen-bond acceptors (Lipinski definition) is 4. The molecule has 0 amide bonds. The first-order chi connectivity index (χ1) is 11.3. The van der Waals surface area contributed by atoms with Crippen LogP contribution in [0.25, 0.3) is 0 Å². The Kier molecular flexibility index (Phi) is 4.57. The number of benzene rings is 1. The van der Waals surface area contributed by atoms with E-state index in [1.54, 1.807) is 18.2 Å². The molecule has 6 nitrogen and oxygen atoms in total. The van der Waals surface area contributed by atoms with E-state index in [1.807, 2.05) is 25.1 Å². The van der Waals surface area contributed by atoms with Crippen LogP contribution < -0.4 is 4.90 Å². The zero-order valence-electron chi connectivity index (χ0n) is 14.1. The van der Waals surface area contributed by atoms with Crippen LogP contribution in [0, 0.1) is 5.92 Å². The van der Waals surface area contributed by atoms with E-state index >= 15 is 0 Å². The van der Waals surface area contributed by atoms with Crippen LogP contribution in [0.2, 0.25) is 0 Å². The number of aliphatic carboxylic acids is 1. The molecule has 0 spiro atoms. The number of sulfonamides is 1. The molecule has 3 unspecified atom stereocenters.